The first-order chi connectivity index (χ1) is 72.3. The topological polar surface area (TPSA) is 223 Å². The summed E-state index contributed by atoms with van der Waals surface area (Å²) < 4.78 is 60.7. The minimum atomic E-state index is -2.38. The van der Waals surface area contributed by atoms with Gasteiger partial charge in [-0.25, -0.2) is 0 Å². The van der Waals surface area contributed by atoms with E-state index in [1.807, 2.05) is 27.7 Å². The maximum Gasteiger partial charge on any atom is 0.326 e. The van der Waals surface area contributed by atoms with Crippen LogP contribution in [0.25, 0.3) is 248 Å². The average molecular weight is 1910 g/mol. The van der Waals surface area contributed by atoms with Crippen LogP contribution in [0.1, 0.15) is 183 Å². The predicted octanol–water partition coefficient (Wildman–Crippen LogP) is 20.5. The molecule has 8 spiro atoms. The number of nitrogens with zero attached hydrogens (tertiary/aromatic N) is 4. The van der Waals surface area contributed by atoms with Gasteiger partial charge < -0.3 is 57.5 Å². The highest BCUT2D eigenvalue weighted by Gasteiger charge is 3.10. The molecule has 18 aliphatic heterocycles. The molecule has 63 rings (SSSR count). The number of anilines is 4. The van der Waals surface area contributed by atoms with Crippen LogP contribution in [-0.4, -0.2) is 87.5 Å². The lowest BCUT2D eigenvalue weighted by atomic mass is 9.64. The zero-order valence-corrected chi connectivity index (χ0v) is 79.8. The van der Waals surface area contributed by atoms with Crippen LogP contribution in [0.5, 0.6) is 0 Å². The Morgan fingerprint density at radius 3 is 0.554 bits per heavy atom. The lowest BCUT2D eigenvalue weighted by Crippen LogP contribution is -2.46. The first-order valence-corrected chi connectivity index (χ1v) is 53.5. The van der Waals surface area contributed by atoms with E-state index in [-0.39, 0.29) is 52.9 Å². The molecule has 0 aromatic heterocycles. The fourth-order valence-electron chi connectivity index (χ4n) is 46.8. The standard InChI is InChI=1S/C128H60N4O16/c1-9-141-109(133)125-113(137)145-25-39-17-43-35(13-31(39)5)21-131-29-129(43)23-37-15-33(7)42(20-45(37)131)28-148-116(140)128(112(136)144-12-4)120-98-71-55-49-47-52-53-54-51-48-50-56-58-60-64-82-74(58)94-66(50)70(54)96-68(52)78-62(47)80(71)102(120)90-92-106(82)124(104(78)90)118(94,96)126(124,110(134)142-10-2)114(138)146-26-40-18-44-36(14-32(40)6)22-132-30-130(44)24-38-16-34(8)41(19-46(38)132)27-147-115(139)127(111(135)143-11-3)119-97-72(56)79-61(48)77-67(51)95-69(53)65(49)93-73-57(55)59-63-81(73)105-91(89(101(79)119)103(77)123(105,125)117(93,95)125)107-83(63)87-85(75(59)98)100-88(84(64)108(92)122(100,120)128)86(76(60)97)99(87)121(107,119)127/h13-20H,9-12,21-30H2,1-8H3. The first-order valence-electron chi connectivity index (χ1n) is 53.5. The SMILES string of the molecule is CCOC(=O)C12C(=O)OCc3cc4c(cc3C)CN3CN4Cc4cc(C)c(cc43)COC(=O)C3(C(=O)OCC)C45c6c7c8c9c%10c%11c%12c%13c%14c%10c%10c%15c%16c%17c%18c%19c%20c%21c%22c%23c%24c%25c%26c%27c%28c%29c-%19c(c%13c%28c%13c%12c%12c%19c%28c(c-7c4c4c7c%30c%31c%32c(c%33c6c9c%10c%33c%16c%32c(c%17%21)c%22c%31c%24c7c(c%284)c%25c%19c%27%13)C%3035)C%123C(C(=O)OCC)(C(=O)OCc4cc5c(cc4C)CN4CN5Cc5cc(C)c(cc54)COC(=O)C4(C(=O)OCC)C%29%20C%26%234)C%1183)C%141C%18%152. The van der Waals surface area contributed by atoms with Gasteiger partial charge in [-0.15, -0.1) is 0 Å². The Labute approximate surface area is 826 Å². The van der Waals surface area contributed by atoms with Crippen molar-refractivity contribution in [2.75, 3.05) is 59.4 Å². The van der Waals surface area contributed by atoms with Gasteiger partial charge in [0, 0.05) is 48.9 Å². The van der Waals surface area contributed by atoms with Crippen LogP contribution >= 0.6 is 0 Å². The van der Waals surface area contributed by atoms with Crippen molar-refractivity contribution >= 4 is 297 Å². The molecule has 0 N–H and O–H groups in total. The van der Waals surface area contributed by atoms with Gasteiger partial charge in [-0.05, 0) is 484 Å². The highest BCUT2D eigenvalue weighted by atomic mass is 16.6. The van der Waals surface area contributed by atoms with E-state index >= 15 is 38.4 Å². The van der Waals surface area contributed by atoms with E-state index in [2.05, 4.69) is 95.8 Å². The summed E-state index contributed by atoms with van der Waals surface area (Å²) in [6, 6.07) is 17.8. The number of ether oxygens (including phenoxy) is 8. The maximum absolute atomic E-state index is 19.7. The molecule has 0 amide bonds. The largest absolute Gasteiger partial charge is 0.465 e. The molecular weight excluding hydrogens is 1850 g/mol. The minimum Gasteiger partial charge on any atom is -0.465 e. The quantitative estimate of drug-likeness (QED) is 0.0453. The van der Waals surface area contributed by atoms with E-state index in [0.717, 1.165) is 427 Å². The Balaban J connectivity index is 0.743. The molecule has 4 fully saturated rings. The molecule has 50 bridgehead atoms. The summed E-state index contributed by atoms with van der Waals surface area (Å²) >= 11 is 0. The van der Waals surface area contributed by atoms with Gasteiger partial charge in [0.1, 0.15) is 26.4 Å². The molecule has 12 atom stereocenters. The molecule has 18 heterocycles. The van der Waals surface area contributed by atoms with Crippen molar-refractivity contribution in [1.82, 2.24) is 0 Å². The summed E-state index contributed by atoms with van der Waals surface area (Å²) in [4.78, 5) is 164. The molecule has 148 heavy (non-hydrogen) atoms. The Morgan fingerprint density at radius 2 is 0.372 bits per heavy atom. The van der Waals surface area contributed by atoms with Crippen molar-refractivity contribution in [3.63, 3.8) is 0 Å². The van der Waals surface area contributed by atoms with Crippen LogP contribution in [0.2, 0.25) is 0 Å². The fraction of sp³-hybridized carbons (Fsp3) is 0.266. The molecule has 20 heteroatoms. The molecule has 0 saturated heterocycles. The molecule has 0 radical (unpaired) electrons. The van der Waals surface area contributed by atoms with Gasteiger partial charge in [-0.3, -0.25) is 38.4 Å². The van der Waals surface area contributed by atoms with Crippen molar-refractivity contribution in [1.29, 1.82) is 0 Å². The molecule has 38 aliphatic rings. The van der Waals surface area contributed by atoms with Gasteiger partial charge in [0.25, 0.3) is 0 Å². The molecular formula is C128H60N4O16. The Kier molecular flexibility index (Phi) is 8.11. The molecule has 25 aromatic rings. The second-order valence-corrected chi connectivity index (χ2v) is 50.1. The predicted molar refractivity (Wildman–Crippen MR) is 550 cm³/mol. The van der Waals surface area contributed by atoms with Crippen LogP contribution in [0.3, 0.4) is 0 Å². The number of carbonyl (C=O) groups excluding carboxylic acids is 8. The second kappa shape index (κ2) is 17.4. The lowest BCUT2D eigenvalue weighted by molar-refractivity contribution is -0.169. The molecule has 4 saturated carbocycles. The van der Waals surface area contributed by atoms with Crippen molar-refractivity contribution in [3.8, 4) is 22.3 Å². The van der Waals surface area contributed by atoms with Gasteiger partial charge >= 0.3 is 47.8 Å². The second-order valence-electron chi connectivity index (χ2n) is 50.1. The monoisotopic (exact) mass is 1910 g/mol. The number of aryl methyl sites for hydroxylation is 4. The Morgan fingerprint density at radius 1 is 0.223 bits per heavy atom. The Bertz CT molecular complexity index is 11800. The zero-order chi connectivity index (χ0) is 95.2. The van der Waals surface area contributed by atoms with E-state index in [1.54, 1.807) is 0 Å². The lowest BCUT2D eigenvalue weighted by Gasteiger charge is -2.45. The number of esters is 8. The average Bonchev–Trinajstić information content (AvgIpc) is 1.32. The molecule has 688 valence electrons. The van der Waals surface area contributed by atoms with Crippen molar-refractivity contribution < 1.29 is 76.3 Å². The van der Waals surface area contributed by atoms with Gasteiger partial charge in [0.05, 0.1) is 83.1 Å². The van der Waals surface area contributed by atoms with E-state index in [1.165, 1.54) is 0 Å². The number of carbonyl (C=O) groups is 8. The zero-order valence-electron chi connectivity index (χ0n) is 79.8. The number of hydrogen-bond acceptors (Lipinski definition) is 20. The van der Waals surface area contributed by atoms with E-state index in [0.29, 0.717) is 39.5 Å². The summed E-state index contributed by atoms with van der Waals surface area (Å²) in [6.45, 7) is 17.9. The molecule has 20 nitrogen and oxygen atoms in total. The van der Waals surface area contributed by atoms with Crippen LogP contribution < -0.4 is 19.6 Å². The summed E-state index contributed by atoms with van der Waals surface area (Å²) in [5.41, 5.74) is 8.66. The van der Waals surface area contributed by atoms with Gasteiger partial charge in [0.2, 0.25) is 0 Å². The third kappa shape index (κ3) is 4.35. The van der Waals surface area contributed by atoms with Crippen molar-refractivity contribution in [2.24, 2.45) is 21.7 Å². The molecule has 12 unspecified atom stereocenters. The van der Waals surface area contributed by atoms with Crippen LogP contribution in [0.4, 0.5) is 22.7 Å². The highest BCUT2D eigenvalue weighted by molar-refractivity contribution is 6.72. The first kappa shape index (κ1) is 69.0. The third-order valence-electron chi connectivity index (χ3n) is 48.4. The van der Waals surface area contributed by atoms with Crippen LogP contribution in [-0.2, 0) is 172 Å². The number of hydrogen-bond donors (Lipinski definition) is 0. The minimum absolute atomic E-state index is 0.0851. The fourth-order valence-corrected chi connectivity index (χ4v) is 46.8. The van der Waals surface area contributed by atoms with Crippen molar-refractivity contribution in [2.45, 2.75) is 151 Å². The van der Waals surface area contributed by atoms with E-state index in [9.17, 15) is 0 Å². The molecule has 25 aromatic carbocycles. The van der Waals surface area contributed by atoms with E-state index < -0.39 is 113 Å². The summed E-state index contributed by atoms with van der Waals surface area (Å²) in [7, 11) is 0. The van der Waals surface area contributed by atoms with Crippen LogP contribution in [0, 0.1) is 49.4 Å². The van der Waals surface area contributed by atoms with Crippen molar-refractivity contribution in [3.05, 3.63) is 204 Å². The maximum atomic E-state index is 19.7. The third-order valence-corrected chi connectivity index (χ3v) is 48.4. The smallest absolute Gasteiger partial charge is 0.326 e. The normalized spacial score (nSPS) is 30.8. The van der Waals surface area contributed by atoms with Gasteiger partial charge in [0.15, 0.2) is 21.7 Å². The number of rotatable bonds is 8. The summed E-state index contributed by atoms with van der Waals surface area (Å²) in [5.74, 6) is -5.53. The summed E-state index contributed by atoms with van der Waals surface area (Å²) in [6.07, 6.45) is 0. The van der Waals surface area contributed by atoms with Crippen LogP contribution in [0.15, 0.2) is 48.5 Å². The molecule has 20 aliphatic carbocycles. The summed E-state index contributed by atoms with van der Waals surface area (Å²) in [5, 5.41) is 39.6. The highest BCUT2D eigenvalue weighted by Crippen LogP contribution is 3.08. The Hall–Kier alpha value is -16.2. The van der Waals surface area contributed by atoms with E-state index in [4.69, 9.17) is 37.9 Å². The van der Waals surface area contributed by atoms with Gasteiger partial charge in [-0.2, -0.15) is 0 Å². The number of benzene rings is 21. The van der Waals surface area contributed by atoms with Gasteiger partial charge in [-0.1, -0.05) is 24.3 Å².